The van der Waals surface area contributed by atoms with Crippen LogP contribution in [0.3, 0.4) is 0 Å². The van der Waals surface area contributed by atoms with Gasteiger partial charge in [-0.3, -0.25) is 9.59 Å². The number of benzene rings is 1. The van der Waals surface area contributed by atoms with Crippen LogP contribution in [0.1, 0.15) is 31.2 Å². The second-order valence-electron chi connectivity index (χ2n) is 4.94. The number of carbonyl (C=O) groups is 3. The van der Waals surface area contributed by atoms with Gasteiger partial charge in [-0.15, -0.1) is 0 Å². The van der Waals surface area contributed by atoms with E-state index in [0.29, 0.717) is 12.8 Å². The smallest absolute Gasteiger partial charge is 0.326 e. The van der Waals surface area contributed by atoms with E-state index in [1.807, 2.05) is 0 Å². The summed E-state index contributed by atoms with van der Waals surface area (Å²) in [5, 5.41) is 11.3. The van der Waals surface area contributed by atoms with Gasteiger partial charge in [-0.2, -0.15) is 0 Å². The Morgan fingerprint density at radius 2 is 1.82 bits per heavy atom. The largest absolute Gasteiger partial charge is 0.480 e. The average molecular weight is 310 g/mol. The number of aliphatic carboxylic acids is 1. The molecule has 0 radical (unpaired) electrons. The zero-order chi connectivity index (χ0) is 16.5. The fourth-order valence-corrected chi connectivity index (χ4v) is 1.91. The van der Waals surface area contributed by atoms with Crippen molar-refractivity contribution in [3.63, 3.8) is 0 Å². The minimum absolute atomic E-state index is 0.0334. The molecule has 120 valence electrons. The highest BCUT2D eigenvalue weighted by molar-refractivity contribution is 5.84. The van der Waals surface area contributed by atoms with Gasteiger partial charge < -0.3 is 16.2 Å². The van der Waals surface area contributed by atoms with Crippen LogP contribution in [0.5, 0.6) is 0 Å². The maximum Gasteiger partial charge on any atom is 0.326 e. The highest BCUT2D eigenvalue weighted by Crippen LogP contribution is 2.07. The molecule has 0 aliphatic rings. The van der Waals surface area contributed by atoms with Crippen LogP contribution in [0.4, 0.5) is 4.39 Å². The zero-order valence-corrected chi connectivity index (χ0v) is 12.0. The van der Waals surface area contributed by atoms with Crippen molar-refractivity contribution in [1.29, 1.82) is 0 Å². The van der Waals surface area contributed by atoms with Crippen molar-refractivity contribution in [3.05, 3.63) is 35.6 Å². The molecule has 0 saturated carbocycles. The molecule has 0 heterocycles. The molecule has 0 saturated heterocycles. The number of carbonyl (C=O) groups excluding carboxylic acids is 2. The van der Waals surface area contributed by atoms with Crippen LogP contribution in [-0.2, 0) is 20.8 Å². The molecular weight excluding hydrogens is 291 g/mol. The third kappa shape index (κ3) is 6.83. The van der Waals surface area contributed by atoms with E-state index in [2.05, 4.69) is 5.32 Å². The molecule has 6 nitrogen and oxygen atoms in total. The van der Waals surface area contributed by atoms with Gasteiger partial charge in [-0.05, 0) is 37.0 Å². The lowest BCUT2D eigenvalue weighted by Crippen LogP contribution is -2.41. The summed E-state index contributed by atoms with van der Waals surface area (Å²) in [6.07, 6.45) is 1.12. The quantitative estimate of drug-likeness (QED) is 0.631. The minimum Gasteiger partial charge on any atom is -0.480 e. The van der Waals surface area contributed by atoms with E-state index < -0.39 is 23.8 Å². The molecule has 22 heavy (non-hydrogen) atoms. The molecule has 0 spiro atoms. The van der Waals surface area contributed by atoms with Gasteiger partial charge in [0.2, 0.25) is 11.8 Å². The molecule has 1 rings (SSSR count). The van der Waals surface area contributed by atoms with E-state index in [9.17, 15) is 18.8 Å². The molecule has 1 unspecified atom stereocenters. The van der Waals surface area contributed by atoms with Gasteiger partial charge in [0, 0.05) is 12.8 Å². The number of amides is 2. The summed E-state index contributed by atoms with van der Waals surface area (Å²) in [4.78, 5) is 33.3. The number of aryl methyl sites for hydroxylation is 1. The number of carboxylic acid groups (broad SMARTS) is 1. The fourth-order valence-electron chi connectivity index (χ4n) is 1.91. The van der Waals surface area contributed by atoms with E-state index in [0.717, 1.165) is 5.56 Å². The van der Waals surface area contributed by atoms with Crippen molar-refractivity contribution in [2.75, 3.05) is 0 Å². The first-order valence-corrected chi connectivity index (χ1v) is 6.93. The van der Waals surface area contributed by atoms with Crippen LogP contribution in [0.15, 0.2) is 24.3 Å². The second kappa shape index (κ2) is 8.76. The maximum atomic E-state index is 12.7. The Hall–Kier alpha value is -2.44. The summed E-state index contributed by atoms with van der Waals surface area (Å²) in [6, 6.07) is 4.85. The fraction of sp³-hybridized carbons (Fsp3) is 0.400. The Bertz CT molecular complexity index is 531. The molecule has 0 fully saturated rings. The van der Waals surface area contributed by atoms with Crippen molar-refractivity contribution >= 4 is 17.8 Å². The summed E-state index contributed by atoms with van der Waals surface area (Å²) in [5.74, 6) is -2.54. The highest BCUT2D eigenvalue weighted by atomic mass is 19.1. The van der Waals surface area contributed by atoms with E-state index in [4.69, 9.17) is 10.8 Å². The van der Waals surface area contributed by atoms with E-state index in [1.54, 1.807) is 12.1 Å². The normalized spacial score (nSPS) is 11.7. The number of carboxylic acids is 1. The van der Waals surface area contributed by atoms with Gasteiger partial charge in [-0.25, -0.2) is 9.18 Å². The Morgan fingerprint density at radius 3 is 2.36 bits per heavy atom. The van der Waals surface area contributed by atoms with Gasteiger partial charge in [0.05, 0.1) is 0 Å². The molecule has 2 amide bonds. The summed E-state index contributed by atoms with van der Waals surface area (Å²) in [7, 11) is 0. The van der Waals surface area contributed by atoms with Crippen LogP contribution in [0.25, 0.3) is 0 Å². The van der Waals surface area contributed by atoms with Crippen LogP contribution in [-0.4, -0.2) is 28.9 Å². The topological polar surface area (TPSA) is 109 Å². The summed E-state index contributed by atoms with van der Waals surface area (Å²) in [6.45, 7) is 0. The van der Waals surface area contributed by atoms with Crippen molar-refractivity contribution in [2.24, 2.45) is 5.73 Å². The monoisotopic (exact) mass is 310 g/mol. The average Bonchev–Trinajstić information content (AvgIpc) is 2.45. The predicted octanol–water partition coefficient (Wildman–Crippen LogP) is 0.983. The van der Waals surface area contributed by atoms with Crippen molar-refractivity contribution in [2.45, 2.75) is 38.1 Å². The number of nitrogens with one attached hydrogen (secondary N) is 1. The van der Waals surface area contributed by atoms with Crippen LogP contribution >= 0.6 is 0 Å². The van der Waals surface area contributed by atoms with Crippen molar-refractivity contribution < 1.29 is 23.9 Å². The second-order valence-corrected chi connectivity index (χ2v) is 4.94. The van der Waals surface area contributed by atoms with Gasteiger partial charge in [-0.1, -0.05) is 12.1 Å². The standard InChI is InChI=1S/C15H19FN2O4/c16-11-6-4-10(5-7-11)2-1-3-14(20)18-12(15(21)22)8-9-13(17)19/h4-7,12H,1-3,8-9H2,(H2,17,19)(H,18,20)(H,21,22). The molecule has 0 aliphatic carbocycles. The molecule has 0 aliphatic heterocycles. The number of hydrogen-bond donors (Lipinski definition) is 3. The molecule has 4 N–H and O–H groups in total. The first kappa shape index (κ1) is 17.6. The maximum absolute atomic E-state index is 12.7. The van der Waals surface area contributed by atoms with E-state index >= 15 is 0 Å². The van der Waals surface area contributed by atoms with Crippen LogP contribution in [0, 0.1) is 5.82 Å². The van der Waals surface area contributed by atoms with Gasteiger partial charge in [0.1, 0.15) is 11.9 Å². The first-order chi connectivity index (χ1) is 10.4. The first-order valence-electron chi connectivity index (χ1n) is 6.93. The third-order valence-electron chi connectivity index (χ3n) is 3.10. The number of halogens is 1. The Balaban J connectivity index is 2.35. The summed E-state index contributed by atoms with van der Waals surface area (Å²) < 4.78 is 12.7. The lowest BCUT2D eigenvalue weighted by molar-refractivity contribution is -0.142. The number of rotatable bonds is 9. The summed E-state index contributed by atoms with van der Waals surface area (Å²) in [5.41, 5.74) is 5.86. The molecule has 1 aromatic carbocycles. The predicted molar refractivity (Wildman–Crippen MR) is 77.3 cm³/mol. The molecule has 0 bridgehead atoms. The van der Waals surface area contributed by atoms with E-state index in [1.165, 1.54) is 12.1 Å². The van der Waals surface area contributed by atoms with Crippen molar-refractivity contribution in [3.8, 4) is 0 Å². The zero-order valence-electron chi connectivity index (χ0n) is 12.0. The van der Waals surface area contributed by atoms with Gasteiger partial charge in [0.15, 0.2) is 0 Å². The van der Waals surface area contributed by atoms with Crippen LogP contribution < -0.4 is 11.1 Å². The third-order valence-corrected chi connectivity index (χ3v) is 3.10. The minimum atomic E-state index is -1.20. The molecular formula is C15H19FN2O4. The van der Waals surface area contributed by atoms with Crippen LogP contribution in [0.2, 0.25) is 0 Å². The van der Waals surface area contributed by atoms with Gasteiger partial charge >= 0.3 is 5.97 Å². The highest BCUT2D eigenvalue weighted by Gasteiger charge is 2.20. The summed E-state index contributed by atoms with van der Waals surface area (Å²) >= 11 is 0. The van der Waals surface area contributed by atoms with E-state index in [-0.39, 0.29) is 25.1 Å². The Morgan fingerprint density at radius 1 is 1.18 bits per heavy atom. The number of primary amides is 1. The molecule has 0 aromatic heterocycles. The number of nitrogens with two attached hydrogens (primary N) is 1. The Kier molecular flexibility index (Phi) is 7.01. The molecule has 1 aromatic rings. The molecule has 7 heteroatoms. The number of hydrogen-bond acceptors (Lipinski definition) is 3. The lowest BCUT2D eigenvalue weighted by Gasteiger charge is -2.13. The lowest BCUT2D eigenvalue weighted by atomic mass is 10.1. The van der Waals surface area contributed by atoms with Crippen molar-refractivity contribution in [1.82, 2.24) is 5.32 Å². The SMILES string of the molecule is NC(=O)CCC(NC(=O)CCCc1ccc(F)cc1)C(=O)O. The molecule has 1 atom stereocenters. The Labute approximate surface area is 127 Å². The van der Waals surface area contributed by atoms with Gasteiger partial charge in [0.25, 0.3) is 0 Å².